The van der Waals surface area contributed by atoms with Crippen molar-refractivity contribution in [3.05, 3.63) is 71.2 Å². The number of aryl methyl sites for hydroxylation is 1. The molecular weight excluding hydrogens is 512 g/mol. The highest BCUT2D eigenvalue weighted by Gasteiger charge is 2.47. The summed E-state index contributed by atoms with van der Waals surface area (Å²) in [5.74, 6) is -1.29. The van der Waals surface area contributed by atoms with Crippen molar-refractivity contribution >= 4 is 28.0 Å². The molecule has 6 heterocycles. The van der Waals surface area contributed by atoms with Crippen molar-refractivity contribution in [2.75, 3.05) is 55.9 Å². The number of morpholine rings is 1. The predicted molar refractivity (Wildman–Crippen MR) is 150 cm³/mol. The predicted octanol–water partition coefficient (Wildman–Crippen LogP) is 5.62. The molecule has 0 atom stereocenters. The van der Waals surface area contributed by atoms with Gasteiger partial charge in [0.1, 0.15) is 11.6 Å². The zero-order chi connectivity index (χ0) is 27.4. The third kappa shape index (κ3) is 4.10. The van der Waals surface area contributed by atoms with Crippen molar-refractivity contribution in [2.45, 2.75) is 32.1 Å². The van der Waals surface area contributed by atoms with Crippen molar-refractivity contribution < 1.29 is 18.3 Å². The first-order chi connectivity index (χ1) is 19.4. The molecule has 0 bridgehead atoms. The summed E-state index contributed by atoms with van der Waals surface area (Å²) in [5, 5.41) is 0.308. The number of hydrogen-bond acceptors (Lipinski definition) is 7. The highest BCUT2D eigenvalue weighted by atomic mass is 19.1. The molecule has 0 saturated carbocycles. The third-order valence-corrected chi connectivity index (χ3v) is 8.57. The molecule has 0 N–H and O–H groups in total. The van der Waals surface area contributed by atoms with Crippen LogP contribution in [0.3, 0.4) is 0 Å². The summed E-state index contributed by atoms with van der Waals surface area (Å²) in [6.45, 7) is 8.77. The van der Waals surface area contributed by atoms with Gasteiger partial charge in [-0.05, 0) is 50.5 Å². The molecule has 3 aliphatic rings. The van der Waals surface area contributed by atoms with Gasteiger partial charge in [-0.3, -0.25) is 9.97 Å². The van der Waals surface area contributed by atoms with Crippen LogP contribution >= 0.6 is 0 Å². The minimum Gasteiger partial charge on any atom is -0.381 e. The molecule has 1 aromatic carbocycles. The number of fused-ring (bicyclic) bond motifs is 3. The van der Waals surface area contributed by atoms with Crippen LogP contribution in [-0.2, 0) is 14.9 Å². The summed E-state index contributed by atoms with van der Waals surface area (Å²) < 4.78 is 41.6. The summed E-state index contributed by atoms with van der Waals surface area (Å²) in [6.07, 6.45) is 5.35. The molecule has 0 unspecified atom stereocenters. The normalized spacial score (nSPS) is 18.5. The monoisotopic (exact) mass is 543 g/mol. The average molecular weight is 544 g/mol. The second kappa shape index (κ2) is 9.74. The quantitative estimate of drug-likeness (QED) is 0.332. The Morgan fingerprint density at radius 3 is 2.48 bits per heavy atom. The molecule has 0 amide bonds. The van der Waals surface area contributed by atoms with Gasteiger partial charge in [0.2, 0.25) is 0 Å². The lowest BCUT2D eigenvalue weighted by Crippen LogP contribution is -2.38. The van der Waals surface area contributed by atoms with E-state index in [2.05, 4.69) is 20.9 Å². The largest absolute Gasteiger partial charge is 0.381 e. The summed E-state index contributed by atoms with van der Waals surface area (Å²) in [5.41, 5.74) is 6.82. The van der Waals surface area contributed by atoms with Gasteiger partial charge in [-0.1, -0.05) is 0 Å². The lowest BCUT2D eigenvalue weighted by Gasteiger charge is -2.34. The van der Waals surface area contributed by atoms with Gasteiger partial charge >= 0.3 is 0 Å². The maximum absolute atomic E-state index is 15.7. The van der Waals surface area contributed by atoms with Crippen LogP contribution in [0.5, 0.6) is 0 Å². The summed E-state index contributed by atoms with van der Waals surface area (Å²) in [6, 6.07) is 8.31. The molecule has 9 heteroatoms. The molecule has 1 spiro atoms. The zero-order valence-corrected chi connectivity index (χ0v) is 22.7. The summed E-state index contributed by atoms with van der Waals surface area (Å²) in [4.78, 5) is 18.9. The van der Waals surface area contributed by atoms with Gasteiger partial charge < -0.3 is 19.3 Å². The Morgan fingerprint density at radius 1 is 0.925 bits per heavy atom. The molecule has 4 aromatic rings. The fourth-order valence-corrected chi connectivity index (χ4v) is 6.51. The molecule has 3 aliphatic heterocycles. The molecule has 40 heavy (non-hydrogen) atoms. The zero-order valence-electron chi connectivity index (χ0n) is 22.7. The van der Waals surface area contributed by atoms with Crippen molar-refractivity contribution in [3.8, 4) is 11.4 Å². The molecular formula is C31H31F2N5O2. The number of anilines is 3. The van der Waals surface area contributed by atoms with E-state index in [9.17, 15) is 4.39 Å². The number of aromatic nitrogens is 3. The van der Waals surface area contributed by atoms with E-state index in [0.29, 0.717) is 55.4 Å². The molecule has 0 radical (unpaired) electrons. The smallest absolute Gasteiger partial charge is 0.137 e. The third-order valence-electron chi connectivity index (χ3n) is 8.57. The average Bonchev–Trinajstić information content (AvgIpc) is 3.26. The minimum atomic E-state index is -0.658. The topological polar surface area (TPSA) is 63.6 Å². The highest BCUT2D eigenvalue weighted by molar-refractivity contribution is 6.00. The van der Waals surface area contributed by atoms with E-state index in [4.69, 9.17) is 19.4 Å². The van der Waals surface area contributed by atoms with Gasteiger partial charge in [0.05, 0.1) is 64.5 Å². The number of benzene rings is 1. The van der Waals surface area contributed by atoms with E-state index >= 15 is 4.39 Å². The van der Waals surface area contributed by atoms with Crippen LogP contribution in [-0.4, -0.2) is 61.0 Å². The van der Waals surface area contributed by atoms with Gasteiger partial charge in [-0.15, -0.1) is 0 Å². The first-order valence-electron chi connectivity index (χ1n) is 13.8. The van der Waals surface area contributed by atoms with E-state index in [0.717, 1.165) is 60.2 Å². The van der Waals surface area contributed by atoms with Crippen LogP contribution in [0.2, 0.25) is 0 Å². The van der Waals surface area contributed by atoms with E-state index < -0.39 is 11.6 Å². The Bertz CT molecular complexity index is 1620. The molecule has 7 rings (SSSR count). The first-order valence-corrected chi connectivity index (χ1v) is 13.8. The van der Waals surface area contributed by atoms with Gasteiger partial charge in [-0.25, -0.2) is 13.8 Å². The van der Waals surface area contributed by atoms with E-state index in [1.165, 1.54) is 6.07 Å². The molecule has 2 saturated heterocycles. The minimum absolute atomic E-state index is 0.225. The van der Waals surface area contributed by atoms with Crippen LogP contribution in [0.15, 0.2) is 42.7 Å². The summed E-state index contributed by atoms with van der Waals surface area (Å²) >= 11 is 0. The highest BCUT2D eigenvalue weighted by Crippen LogP contribution is 2.52. The second-order valence-corrected chi connectivity index (χ2v) is 11.1. The van der Waals surface area contributed by atoms with Gasteiger partial charge in [-0.2, -0.15) is 0 Å². The maximum atomic E-state index is 15.7. The van der Waals surface area contributed by atoms with E-state index in [1.807, 2.05) is 32.2 Å². The number of ether oxygens (including phenoxy) is 2. The number of rotatable bonds is 3. The number of nitrogens with zero attached hydrogens (tertiary/aromatic N) is 5. The van der Waals surface area contributed by atoms with Crippen LogP contribution < -0.4 is 9.80 Å². The standard InChI is InChI=1S/C31H31F2N5O2/c1-19-3-6-34-25(13-19)28-20(2)29(27-23(33)14-21(32)15-24(27)36-28)38-18-31(4-9-39-10-5-31)30-26(38)16-22(17-35-30)37-7-11-40-12-8-37/h3,6,13-17H,4-5,7-12,18H2,1-2H3. The van der Waals surface area contributed by atoms with Crippen molar-refractivity contribution in [1.29, 1.82) is 0 Å². The van der Waals surface area contributed by atoms with Gasteiger partial charge in [0.25, 0.3) is 0 Å². The molecule has 0 aliphatic carbocycles. The van der Waals surface area contributed by atoms with Crippen molar-refractivity contribution in [2.24, 2.45) is 0 Å². The Labute approximate surface area is 231 Å². The van der Waals surface area contributed by atoms with Crippen LogP contribution in [0, 0.1) is 25.5 Å². The fourth-order valence-electron chi connectivity index (χ4n) is 6.51. The van der Waals surface area contributed by atoms with E-state index in [1.54, 1.807) is 6.20 Å². The van der Waals surface area contributed by atoms with Crippen LogP contribution in [0.25, 0.3) is 22.3 Å². The molecule has 206 valence electrons. The molecule has 7 nitrogen and oxygen atoms in total. The van der Waals surface area contributed by atoms with Crippen LogP contribution in [0.4, 0.5) is 25.8 Å². The Hall–Kier alpha value is -3.69. The fraction of sp³-hybridized carbons (Fsp3) is 0.387. The Morgan fingerprint density at radius 2 is 1.70 bits per heavy atom. The van der Waals surface area contributed by atoms with Crippen molar-refractivity contribution in [3.63, 3.8) is 0 Å². The lowest BCUT2D eigenvalue weighted by molar-refractivity contribution is 0.0545. The number of hydrogen-bond donors (Lipinski definition) is 0. The Kier molecular flexibility index (Phi) is 6.16. The number of pyridine rings is 3. The SMILES string of the molecule is Cc1ccnc(-c2nc3cc(F)cc(F)c3c(N3CC4(CCOCC4)c4ncc(N5CCOCC5)cc43)c2C)c1. The maximum Gasteiger partial charge on any atom is 0.137 e. The van der Waals surface area contributed by atoms with Crippen molar-refractivity contribution in [1.82, 2.24) is 15.0 Å². The molecule has 3 aromatic heterocycles. The van der Waals surface area contributed by atoms with E-state index in [-0.39, 0.29) is 10.9 Å². The van der Waals surface area contributed by atoms with Gasteiger partial charge in [0, 0.05) is 62.2 Å². The number of halogens is 2. The Balaban J connectivity index is 1.48. The molecule has 2 fully saturated rings. The second-order valence-electron chi connectivity index (χ2n) is 11.1. The van der Waals surface area contributed by atoms with Crippen LogP contribution in [0.1, 0.15) is 29.7 Å². The first kappa shape index (κ1) is 25.3. The lowest BCUT2D eigenvalue weighted by atomic mass is 9.78. The van der Waals surface area contributed by atoms with Gasteiger partial charge in [0.15, 0.2) is 0 Å². The summed E-state index contributed by atoms with van der Waals surface area (Å²) in [7, 11) is 0.